The lowest BCUT2D eigenvalue weighted by atomic mass is 10.2. The maximum atomic E-state index is 12.2. The highest BCUT2D eigenvalue weighted by Crippen LogP contribution is 2.33. The fourth-order valence-corrected chi connectivity index (χ4v) is 2.64. The predicted molar refractivity (Wildman–Crippen MR) is 79.9 cm³/mol. The van der Waals surface area contributed by atoms with Crippen LogP contribution in [0.3, 0.4) is 0 Å². The number of hydrogen-bond donors (Lipinski definition) is 2. The maximum absolute atomic E-state index is 12.2. The molecule has 2 N–H and O–H groups in total. The summed E-state index contributed by atoms with van der Waals surface area (Å²) in [5, 5.41) is 12.1. The number of ether oxygens (including phenoxy) is 1. The Morgan fingerprint density at radius 2 is 2.00 bits per heavy atom. The first kappa shape index (κ1) is 15.6. The van der Waals surface area contributed by atoms with Gasteiger partial charge >= 0.3 is 5.97 Å². The average molecular weight is 313 g/mol. The minimum Gasteiger partial charge on any atom is -0.479 e. The Balaban J connectivity index is 2.11. The molecule has 0 spiro atoms. The van der Waals surface area contributed by atoms with Crippen LogP contribution in [0.5, 0.6) is 0 Å². The number of hydrogen-bond acceptors (Lipinski definition) is 4. The number of carboxylic acid groups (broad SMARTS) is 1. The molecule has 7 heteroatoms. The molecule has 0 aromatic heterocycles. The van der Waals surface area contributed by atoms with Crippen LogP contribution in [-0.2, 0) is 14.3 Å². The van der Waals surface area contributed by atoms with Crippen LogP contribution in [0.2, 0.25) is 5.02 Å². The molecule has 1 aromatic rings. The maximum Gasteiger partial charge on any atom is 0.332 e. The van der Waals surface area contributed by atoms with Crippen molar-refractivity contribution < 1.29 is 19.4 Å². The van der Waals surface area contributed by atoms with E-state index in [-0.39, 0.29) is 5.91 Å². The second-order valence-electron chi connectivity index (χ2n) is 5.05. The summed E-state index contributed by atoms with van der Waals surface area (Å²) in [6.45, 7) is 0. The van der Waals surface area contributed by atoms with E-state index in [0.29, 0.717) is 29.2 Å². The van der Waals surface area contributed by atoms with Crippen LogP contribution in [-0.4, -0.2) is 43.3 Å². The standard InChI is InChI=1S/C14H17ClN2O4/c1-17(2)12-8(15)4-3-5-9(12)16-13(18)10-6-7-11(21-10)14(19)20/h3-5,10-11H,6-7H2,1-2H3,(H,16,18)(H,19,20)/t10-,11+/m0/s1. The average Bonchev–Trinajstić information content (AvgIpc) is 2.88. The van der Waals surface area contributed by atoms with E-state index >= 15 is 0 Å². The molecule has 2 rings (SSSR count). The molecule has 0 radical (unpaired) electrons. The van der Waals surface area contributed by atoms with Crippen molar-refractivity contribution >= 4 is 34.9 Å². The summed E-state index contributed by atoms with van der Waals surface area (Å²) in [5.74, 6) is -1.40. The Bertz CT molecular complexity index is 562. The van der Waals surface area contributed by atoms with Gasteiger partial charge in [-0.2, -0.15) is 0 Å². The van der Waals surface area contributed by atoms with Crippen LogP contribution >= 0.6 is 11.6 Å². The zero-order valence-electron chi connectivity index (χ0n) is 11.8. The van der Waals surface area contributed by atoms with Crippen LogP contribution in [0.25, 0.3) is 0 Å². The number of nitrogens with zero attached hydrogens (tertiary/aromatic N) is 1. The van der Waals surface area contributed by atoms with Gasteiger partial charge in [0.2, 0.25) is 0 Å². The lowest BCUT2D eigenvalue weighted by Gasteiger charge is -2.20. The van der Waals surface area contributed by atoms with Crippen molar-refractivity contribution in [2.24, 2.45) is 0 Å². The molecule has 0 bridgehead atoms. The highest BCUT2D eigenvalue weighted by Gasteiger charge is 2.35. The zero-order chi connectivity index (χ0) is 15.6. The van der Waals surface area contributed by atoms with Crippen LogP contribution in [0.1, 0.15) is 12.8 Å². The summed E-state index contributed by atoms with van der Waals surface area (Å²) in [5.41, 5.74) is 1.26. The number of aliphatic carboxylic acids is 1. The molecule has 1 amide bonds. The zero-order valence-corrected chi connectivity index (χ0v) is 12.6. The molecule has 2 atom stereocenters. The van der Waals surface area contributed by atoms with E-state index in [2.05, 4.69) is 5.32 Å². The molecule has 1 aromatic carbocycles. The van der Waals surface area contributed by atoms with Crippen molar-refractivity contribution in [1.82, 2.24) is 0 Å². The Hall–Kier alpha value is -1.79. The summed E-state index contributed by atoms with van der Waals surface area (Å²) in [4.78, 5) is 24.8. The molecule has 114 valence electrons. The Morgan fingerprint density at radius 1 is 1.33 bits per heavy atom. The van der Waals surface area contributed by atoms with Gasteiger partial charge in [-0.3, -0.25) is 4.79 Å². The summed E-state index contributed by atoms with van der Waals surface area (Å²) < 4.78 is 5.23. The van der Waals surface area contributed by atoms with Crippen molar-refractivity contribution in [1.29, 1.82) is 0 Å². The molecule has 1 aliphatic heterocycles. The van der Waals surface area contributed by atoms with E-state index in [1.807, 2.05) is 14.1 Å². The molecule has 0 unspecified atom stereocenters. The number of para-hydroxylation sites is 1. The van der Waals surface area contributed by atoms with Gasteiger partial charge in [0.05, 0.1) is 16.4 Å². The van der Waals surface area contributed by atoms with Crippen LogP contribution in [0.4, 0.5) is 11.4 Å². The summed E-state index contributed by atoms with van der Waals surface area (Å²) >= 11 is 6.13. The Kier molecular flexibility index (Phi) is 4.69. The van der Waals surface area contributed by atoms with E-state index in [0.717, 1.165) is 0 Å². The fraction of sp³-hybridized carbons (Fsp3) is 0.429. The minimum absolute atomic E-state index is 0.337. The molecule has 1 saturated heterocycles. The van der Waals surface area contributed by atoms with Gasteiger partial charge < -0.3 is 20.1 Å². The number of carboxylic acids is 1. The topological polar surface area (TPSA) is 78.9 Å². The normalized spacial score (nSPS) is 21.1. The number of amides is 1. The Labute approximate surface area is 127 Å². The quantitative estimate of drug-likeness (QED) is 0.888. The van der Waals surface area contributed by atoms with Gasteiger partial charge in [-0.05, 0) is 25.0 Å². The first-order valence-corrected chi connectivity index (χ1v) is 6.93. The van der Waals surface area contributed by atoms with Crippen LogP contribution in [0, 0.1) is 0 Å². The first-order valence-electron chi connectivity index (χ1n) is 6.55. The van der Waals surface area contributed by atoms with Gasteiger partial charge in [-0.1, -0.05) is 17.7 Å². The third-order valence-electron chi connectivity index (χ3n) is 3.28. The SMILES string of the molecule is CN(C)c1c(Cl)cccc1NC(=O)[C@@H]1CC[C@H](C(=O)O)O1. The minimum atomic E-state index is -1.04. The Morgan fingerprint density at radius 3 is 2.57 bits per heavy atom. The fourth-order valence-electron chi connectivity index (χ4n) is 2.30. The molecule has 0 aliphatic carbocycles. The van der Waals surface area contributed by atoms with E-state index in [9.17, 15) is 9.59 Å². The van der Waals surface area contributed by atoms with Gasteiger partial charge in [0.1, 0.15) is 6.10 Å². The van der Waals surface area contributed by atoms with Gasteiger partial charge in [0, 0.05) is 14.1 Å². The van der Waals surface area contributed by atoms with Crippen LogP contribution in [0.15, 0.2) is 18.2 Å². The van der Waals surface area contributed by atoms with Crippen molar-refractivity contribution in [3.63, 3.8) is 0 Å². The summed E-state index contributed by atoms with van der Waals surface area (Å²) in [6, 6.07) is 5.21. The number of halogens is 1. The number of anilines is 2. The lowest BCUT2D eigenvalue weighted by Crippen LogP contribution is -2.30. The molecule has 1 heterocycles. The van der Waals surface area contributed by atoms with Crippen molar-refractivity contribution in [2.75, 3.05) is 24.3 Å². The van der Waals surface area contributed by atoms with E-state index in [4.69, 9.17) is 21.4 Å². The van der Waals surface area contributed by atoms with Crippen molar-refractivity contribution in [3.8, 4) is 0 Å². The van der Waals surface area contributed by atoms with E-state index in [1.165, 1.54) is 0 Å². The van der Waals surface area contributed by atoms with Crippen molar-refractivity contribution in [3.05, 3.63) is 23.2 Å². The molecule has 1 fully saturated rings. The van der Waals surface area contributed by atoms with Crippen LogP contribution < -0.4 is 10.2 Å². The molecule has 1 aliphatic rings. The number of carbonyl (C=O) groups is 2. The second kappa shape index (κ2) is 6.32. The highest BCUT2D eigenvalue weighted by molar-refractivity contribution is 6.34. The predicted octanol–water partition coefficient (Wildman–Crippen LogP) is 1.98. The third-order valence-corrected chi connectivity index (χ3v) is 3.58. The van der Waals surface area contributed by atoms with Crippen molar-refractivity contribution in [2.45, 2.75) is 25.0 Å². The summed E-state index contributed by atoms with van der Waals surface area (Å²) in [7, 11) is 3.65. The number of nitrogens with one attached hydrogen (secondary N) is 1. The third kappa shape index (κ3) is 3.46. The molecule has 21 heavy (non-hydrogen) atoms. The van der Waals surface area contributed by atoms with Gasteiger partial charge in [-0.15, -0.1) is 0 Å². The van der Waals surface area contributed by atoms with Gasteiger partial charge in [0.15, 0.2) is 6.10 Å². The van der Waals surface area contributed by atoms with Gasteiger partial charge in [-0.25, -0.2) is 4.79 Å². The smallest absolute Gasteiger partial charge is 0.332 e. The monoisotopic (exact) mass is 312 g/mol. The molecular formula is C14H17ClN2O4. The van der Waals surface area contributed by atoms with E-state index < -0.39 is 18.2 Å². The second-order valence-corrected chi connectivity index (χ2v) is 5.46. The molecule has 6 nitrogen and oxygen atoms in total. The van der Waals surface area contributed by atoms with E-state index in [1.54, 1.807) is 23.1 Å². The highest BCUT2D eigenvalue weighted by atomic mass is 35.5. The lowest BCUT2D eigenvalue weighted by molar-refractivity contribution is -0.150. The summed E-state index contributed by atoms with van der Waals surface area (Å²) in [6.07, 6.45) is -0.932. The first-order chi connectivity index (χ1) is 9.90. The number of rotatable bonds is 4. The number of benzene rings is 1. The largest absolute Gasteiger partial charge is 0.479 e. The van der Waals surface area contributed by atoms with Gasteiger partial charge in [0.25, 0.3) is 5.91 Å². The molecule has 0 saturated carbocycles. The molecular weight excluding hydrogens is 296 g/mol. The number of carbonyl (C=O) groups excluding carboxylic acids is 1.